The van der Waals surface area contributed by atoms with Crippen LogP contribution in [-0.4, -0.2) is 10.6 Å². The number of nitrogens with zero attached hydrogens (tertiary/aromatic N) is 2. The Morgan fingerprint density at radius 3 is 1.79 bits per heavy atom. The second-order valence-corrected chi connectivity index (χ2v) is 10.4. The van der Waals surface area contributed by atoms with Crippen molar-refractivity contribution in [3.05, 3.63) is 146 Å². The zero-order chi connectivity index (χ0) is 26.3. The van der Waals surface area contributed by atoms with Gasteiger partial charge < -0.3 is 9.47 Å². The highest BCUT2D eigenvalue weighted by Crippen LogP contribution is 2.38. The number of fused-ring (bicyclic) bond motifs is 4. The average molecular weight is 503 g/mol. The molecule has 1 aliphatic heterocycles. The number of para-hydroxylation sites is 3. The van der Waals surface area contributed by atoms with E-state index in [9.17, 15) is 0 Å². The van der Waals surface area contributed by atoms with E-state index in [-0.39, 0.29) is 0 Å². The van der Waals surface area contributed by atoms with Gasteiger partial charge in [-0.2, -0.15) is 0 Å². The average Bonchev–Trinajstić information content (AvgIpc) is 3.32. The molecule has 2 nitrogen and oxygen atoms in total. The molecule has 0 aliphatic carbocycles. The van der Waals surface area contributed by atoms with Gasteiger partial charge in [-0.3, -0.25) is 0 Å². The first kappa shape index (κ1) is 23.3. The van der Waals surface area contributed by atoms with Crippen molar-refractivity contribution in [2.45, 2.75) is 19.4 Å². The number of anilines is 2. The Balaban J connectivity index is 1.24. The van der Waals surface area contributed by atoms with Gasteiger partial charge >= 0.3 is 0 Å². The fraction of sp³-hybridized carbons (Fsp3) is 0.0811. The molecular weight excluding hydrogens is 472 g/mol. The van der Waals surface area contributed by atoms with E-state index in [4.69, 9.17) is 0 Å². The lowest BCUT2D eigenvalue weighted by molar-refractivity contribution is 0.722. The molecule has 2 heterocycles. The Morgan fingerprint density at radius 1 is 0.615 bits per heavy atom. The second-order valence-electron chi connectivity index (χ2n) is 10.4. The number of hydrogen-bond donors (Lipinski definition) is 0. The summed E-state index contributed by atoms with van der Waals surface area (Å²) in [5.74, 6) is 0. The molecule has 0 unspecified atom stereocenters. The van der Waals surface area contributed by atoms with Crippen LogP contribution in [-0.2, 0) is 0 Å². The lowest BCUT2D eigenvalue weighted by Gasteiger charge is -2.34. The molecule has 7 rings (SSSR count). The van der Waals surface area contributed by atoms with E-state index in [1.54, 1.807) is 0 Å². The van der Waals surface area contributed by atoms with Gasteiger partial charge in [-0.05, 0) is 72.5 Å². The minimum absolute atomic E-state index is 0.340. The summed E-state index contributed by atoms with van der Waals surface area (Å²) < 4.78 is 2.36. The van der Waals surface area contributed by atoms with Gasteiger partial charge in [0.2, 0.25) is 0 Å². The first-order valence-electron chi connectivity index (χ1n) is 13.6. The smallest absolute Gasteiger partial charge is 0.0541 e. The molecule has 5 aromatic carbocycles. The van der Waals surface area contributed by atoms with Crippen molar-refractivity contribution >= 4 is 38.8 Å². The van der Waals surface area contributed by atoms with Crippen LogP contribution >= 0.6 is 0 Å². The summed E-state index contributed by atoms with van der Waals surface area (Å²) in [5.41, 5.74) is 10.7. The molecule has 1 aromatic heterocycles. The molecule has 0 saturated carbocycles. The first-order valence-corrected chi connectivity index (χ1v) is 13.6. The minimum atomic E-state index is 0.340. The molecule has 1 aliphatic rings. The summed E-state index contributed by atoms with van der Waals surface area (Å²) in [5, 5.41) is 2.57. The minimum Gasteiger partial charge on any atom is -0.338 e. The van der Waals surface area contributed by atoms with Crippen LogP contribution in [0.4, 0.5) is 11.4 Å². The van der Waals surface area contributed by atoms with Crippen LogP contribution in [0, 0.1) is 0 Å². The summed E-state index contributed by atoms with van der Waals surface area (Å²) in [7, 11) is 0. The SMILES string of the molecule is C=C1/C=C\C[C@H](C)N(c2ccc(-c3ccc(-n4c5ccccc5c5ccccc54)cc3)cc2)c2ccccc21. The van der Waals surface area contributed by atoms with Crippen molar-refractivity contribution in [1.82, 2.24) is 4.57 Å². The van der Waals surface area contributed by atoms with Crippen molar-refractivity contribution in [3.8, 4) is 16.8 Å². The standard InChI is InChI=1S/C37H30N2/c1-26-10-9-11-27(2)38(35-15-6-3-12-32(26)35)30-22-18-28(19-23-30)29-20-24-31(25-21-29)39-36-16-7-4-13-33(36)34-14-5-8-17-37(34)39/h3-10,12-25,27H,1,11H2,2H3/b10-9-/t27-/m0/s1. The van der Waals surface area contributed by atoms with Crippen molar-refractivity contribution in [1.29, 1.82) is 0 Å². The molecule has 0 spiro atoms. The lowest BCUT2D eigenvalue weighted by atomic mass is 9.98. The Hall–Kier alpha value is -4.82. The quantitative estimate of drug-likeness (QED) is 0.234. The molecular formula is C37H30N2. The fourth-order valence-electron chi connectivity index (χ4n) is 6.01. The third-order valence-corrected chi connectivity index (χ3v) is 7.93. The molecule has 0 saturated heterocycles. The van der Waals surface area contributed by atoms with E-state index in [1.807, 2.05) is 0 Å². The van der Waals surface area contributed by atoms with Crippen LogP contribution in [0.1, 0.15) is 18.9 Å². The molecule has 0 bridgehead atoms. The van der Waals surface area contributed by atoms with Crippen molar-refractivity contribution < 1.29 is 0 Å². The topological polar surface area (TPSA) is 8.17 Å². The molecule has 0 fully saturated rings. The van der Waals surface area contributed by atoms with Gasteiger partial charge in [0.15, 0.2) is 0 Å². The van der Waals surface area contributed by atoms with E-state index in [2.05, 4.69) is 156 Å². The van der Waals surface area contributed by atoms with Crippen LogP contribution in [0.3, 0.4) is 0 Å². The second kappa shape index (κ2) is 9.49. The number of rotatable bonds is 3. The highest BCUT2D eigenvalue weighted by molar-refractivity contribution is 6.09. The Labute approximate surface area is 229 Å². The molecule has 2 heteroatoms. The van der Waals surface area contributed by atoms with Crippen LogP contribution in [0.25, 0.3) is 44.2 Å². The molecule has 0 N–H and O–H groups in total. The monoisotopic (exact) mass is 502 g/mol. The number of hydrogen-bond acceptors (Lipinski definition) is 1. The van der Waals surface area contributed by atoms with E-state index in [0.717, 1.165) is 12.0 Å². The predicted molar refractivity (Wildman–Crippen MR) is 167 cm³/mol. The van der Waals surface area contributed by atoms with Crippen LogP contribution in [0.15, 0.2) is 140 Å². The van der Waals surface area contributed by atoms with Crippen molar-refractivity contribution in [3.63, 3.8) is 0 Å². The Morgan fingerprint density at radius 2 is 1.15 bits per heavy atom. The third kappa shape index (κ3) is 3.97. The van der Waals surface area contributed by atoms with Gasteiger partial charge in [-0.15, -0.1) is 0 Å². The summed E-state index contributed by atoms with van der Waals surface area (Å²) in [6.45, 7) is 6.60. The van der Waals surface area contributed by atoms with Crippen molar-refractivity contribution in [2.75, 3.05) is 4.90 Å². The zero-order valence-electron chi connectivity index (χ0n) is 22.1. The highest BCUT2D eigenvalue weighted by Gasteiger charge is 2.21. The number of aromatic nitrogens is 1. The third-order valence-electron chi connectivity index (χ3n) is 7.93. The highest BCUT2D eigenvalue weighted by atomic mass is 15.2. The van der Waals surface area contributed by atoms with Gasteiger partial charge in [-0.1, -0.05) is 97.6 Å². The molecule has 0 amide bonds. The van der Waals surface area contributed by atoms with Gasteiger partial charge in [-0.25, -0.2) is 0 Å². The van der Waals surface area contributed by atoms with E-state index in [0.29, 0.717) is 6.04 Å². The summed E-state index contributed by atoms with van der Waals surface area (Å²) >= 11 is 0. The number of allylic oxidation sites excluding steroid dienone is 2. The fourth-order valence-corrected chi connectivity index (χ4v) is 6.01. The molecule has 6 aromatic rings. The van der Waals surface area contributed by atoms with Crippen LogP contribution in [0.5, 0.6) is 0 Å². The van der Waals surface area contributed by atoms with E-state index in [1.165, 1.54) is 55.6 Å². The number of benzene rings is 5. The first-order chi connectivity index (χ1) is 19.2. The molecule has 39 heavy (non-hydrogen) atoms. The van der Waals surface area contributed by atoms with Gasteiger partial charge in [0, 0.05) is 39.4 Å². The van der Waals surface area contributed by atoms with Gasteiger partial charge in [0.05, 0.1) is 11.0 Å². The maximum absolute atomic E-state index is 4.31. The van der Waals surface area contributed by atoms with E-state index >= 15 is 0 Å². The van der Waals surface area contributed by atoms with Crippen LogP contribution in [0.2, 0.25) is 0 Å². The van der Waals surface area contributed by atoms with Gasteiger partial charge in [0.1, 0.15) is 0 Å². The lowest BCUT2D eigenvalue weighted by Crippen LogP contribution is -2.29. The maximum atomic E-state index is 4.31. The van der Waals surface area contributed by atoms with Crippen molar-refractivity contribution in [2.24, 2.45) is 0 Å². The van der Waals surface area contributed by atoms with Crippen LogP contribution < -0.4 is 4.90 Å². The normalized spacial score (nSPS) is 16.2. The molecule has 188 valence electrons. The van der Waals surface area contributed by atoms with E-state index < -0.39 is 0 Å². The Kier molecular flexibility index (Phi) is 5.67. The zero-order valence-corrected chi connectivity index (χ0v) is 22.1. The summed E-state index contributed by atoms with van der Waals surface area (Å²) in [4.78, 5) is 2.44. The predicted octanol–water partition coefficient (Wildman–Crippen LogP) is 9.95. The summed E-state index contributed by atoms with van der Waals surface area (Å²) in [6.07, 6.45) is 5.36. The largest absolute Gasteiger partial charge is 0.338 e. The molecule has 1 atom stereocenters. The Bertz CT molecular complexity index is 1800. The summed E-state index contributed by atoms with van der Waals surface area (Å²) in [6, 6.07) is 44.1. The maximum Gasteiger partial charge on any atom is 0.0541 e. The molecule has 0 radical (unpaired) electrons. The van der Waals surface area contributed by atoms with Gasteiger partial charge in [0.25, 0.3) is 0 Å².